The fourth-order valence-corrected chi connectivity index (χ4v) is 3.47. The van der Waals surface area contributed by atoms with E-state index in [1.165, 1.54) is 4.90 Å². The second kappa shape index (κ2) is 8.84. The van der Waals surface area contributed by atoms with E-state index in [4.69, 9.17) is 4.84 Å². The average molecular weight is 372 g/mol. The summed E-state index contributed by atoms with van der Waals surface area (Å²) in [4.78, 5) is 32.2. The summed E-state index contributed by atoms with van der Waals surface area (Å²) in [5.41, 5.74) is 4.02. The van der Waals surface area contributed by atoms with Crippen molar-refractivity contribution in [3.63, 3.8) is 0 Å². The molecular formula is C21H28N2O4. The van der Waals surface area contributed by atoms with E-state index in [1.807, 2.05) is 39.8 Å². The van der Waals surface area contributed by atoms with Crippen molar-refractivity contribution < 1.29 is 19.5 Å². The summed E-state index contributed by atoms with van der Waals surface area (Å²) in [6, 6.07) is 3.89. The van der Waals surface area contributed by atoms with Gasteiger partial charge in [0.05, 0.1) is 24.4 Å². The number of aliphatic hydroxyl groups is 1. The van der Waals surface area contributed by atoms with E-state index in [0.29, 0.717) is 24.3 Å². The van der Waals surface area contributed by atoms with Crippen molar-refractivity contribution in [1.82, 2.24) is 4.90 Å². The molecule has 0 atom stereocenters. The predicted molar refractivity (Wildman–Crippen MR) is 105 cm³/mol. The fraction of sp³-hybridized carbons (Fsp3) is 0.476. The summed E-state index contributed by atoms with van der Waals surface area (Å²) in [5, 5.41) is 14.5. The molecule has 0 saturated heterocycles. The van der Waals surface area contributed by atoms with Crippen molar-refractivity contribution in [2.24, 2.45) is 5.16 Å². The minimum atomic E-state index is -0.318. The highest BCUT2D eigenvalue weighted by atomic mass is 16.6. The van der Waals surface area contributed by atoms with Crippen molar-refractivity contribution in [2.45, 2.75) is 47.5 Å². The number of carbonyl (C=O) groups excluding carboxylic acids is 2. The van der Waals surface area contributed by atoms with Crippen molar-refractivity contribution in [1.29, 1.82) is 0 Å². The number of rotatable bonds is 6. The first kappa shape index (κ1) is 20.7. The molecule has 0 spiro atoms. The Balaban J connectivity index is 2.34. The van der Waals surface area contributed by atoms with Gasteiger partial charge in [-0.2, -0.15) is 0 Å². The van der Waals surface area contributed by atoms with Crippen LogP contribution in [0.15, 0.2) is 28.6 Å². The van der Waals surface area contributed by atoms with Crippen molar-refractivity contribution in [2.75, 3.05) is 19.7 Å². The topological polar surface area (TPSA) is 79.2 Å². The molecule has 0 bridgehead atoms. The number of Topliss-reactive ketones (excluding diaryl/α,β-unsaturated/α-hetero) is 1. The van der Waals surface area contributed by atoms with Gasteiger partial charge >= 0.3 is 0 Å². The predicted octanol–water partition coefficient (Wildman–Crippen LogP) is 3.64. The molecule has 1 heterocycles. The van der Waals surface area contributed by atoms with Crippen LogP contribution >= 0.6 is 0 Å². The van der Waals surface area contributed by atoms with Gasteiger partial charge < -0.3 is 14.8 Å². The van der Waals surface area contributed by atoms with Crippen LogP contribution < -0.4 is 0 Å². The smallest absolute Gasteiger partial charge is 0.255 e. The standard InChI is InChI=1S/C21H28N2O4/c1-6-8-16(22-27-7-2)20-17(24)11-23(12-18(20)25)21(26)19-14(4)9-13(3)10-15(19)5/h9-10,24H,6-8,11-12H2,1-5H3. The molecule has 0 aliphatic carbocycles. The highest BCUT2D eigenvalue weighted by molar-refractivity contribution is 6.24. The molecule has 1 aromatic rings. The molecule has 6 heteroatoms. The van der Waals surface area contributed by atoms with Crippen LogP contribution in [0.2, 0.25) is 0 Å². The molecule has 0 aromatic heterocycles. The first-order valence-electron chi connectivity index (χ1n) is 9.31. The second-order valence-electron chi connectivity index (χ2n) is 6.89. The van der Waals surface area contributed by atoms with Crippen LogP contribution in [0.25, 0.3) is 0 Å². The third kappa shape index (κ3) is 4.56. The maximum absolute atomic E-state index is 13.0. The number of hydrogen-bond donors (Lipinski definition) is 1. The maximum Gasteiger partial charge on any atom is 0.255 e. The number of oxime groups is 1. The normalized spacial score (nSPS) is 15.4. The minimum absolute atomic E-state index is 0.0124. The Labute approximate surface area is 160 Å². The molecule has 0 radical (unpaired) electrons. The average Bonchev–Trinajstić information content (AvgIpc) is 2.57. The van der Waals surface area contributed by atoms with Crippen molar-refractivity contribution in [3.05, 3.63) is 45.7 Å². The molecule has 0 fully saturated rings. The van der Waals surface area contributed by atoms with Crippen LogP contribution in [-0.4, -0.2) is 47.1 Å². The highest BCUT2D eigenvalue weighted by Gasteiger charge is 2.33. The zero-order chi connectivity index (χ0) is 20.1. The fourth-order valence-electron chi connectivity index (χ4n) is 3.47. The molecule has 27 heavy (non-hydrogen) atoms. The van der Waals surface area contributed by atoms with Crippen LogP contribution in [-0.2, 0) is 9.63 Å². The number of aryl methyl sites for hydroxylation is 3. The van der Waals surface area contributed by atoms with Gasteiger partial charge in [0.1, 0.15) is 12.4 Å². The van der Waals surface area contributed by atoms with E-state index in [1.54, 1.807) is 6.92 Å². The minimum Gasteiger partial charge on any atom is -0.510 e. The number of aliphatic hydroxyl groups excluding tert-OH is 1. The lowest BCUT2D eigenvalue weighted by Gasteiger charge is -2.29. The number of hydrogen-bond acceptors (Lipinski definition) is 5. The monoisotopic (exact) mass is 372 g/mol. The molecule has 2 rings (SSSR count). The van der Waals surface area contributed by atoms with E-state index in [9.17, 15) is 14.7 Å². The third-order valence-electron chi connectivity index (χ3n) is 4.50. The van der Waals surface area contributed by atoms with Gasteiger partial charge in [0, 0.05) is 5.56 Å². The summed E-state index contributed by atoms with van der Waals surface area (Å²) in [6.45, 7) is 9.80. The Hall–Kier alpha value is -2.63. The third-order valence-corrected chi connectivity index (χ3v) is 4.50. The van der Waals surface area contributed by atoms with Crippen LogP contribution in [0.5, 0.6) is 0 Å². The summed E-state index contributed by atoms with van der Waals surface area (Å²) in [6.07, 6.45) is 1.29. The zero-order valence-electron chi connectivity index (χ0n) is 16.8. The van der Waals surface area contributed by atoms with Gasteiger partial charge in [-0.25, -0.2) is 0 Å². The van der Waals surface area contributed by atoms with E-state index in [2.05, 4.69) is 5.16 Å². The second-order valence-corrected chi connectivity index (χ2v) is 6.89. The first-order valence-corrected chi connectivity index (χ1v) is 9.31. The molecule has 1 aliphatic heterocycles. The quantitative estimate of drug-likeness (QED) is 0.611. The number of ketones is 1. The van der Waals surface area contributed by atoms with E-state index in [-0.39, 0.29) is 36.1 Å². The van der Waals surface area contributed by atoms with Gasteiger partial charge in [0.25, 0.3) is 5.91 Å². The Morgan fingerprint density at radius 2 is 1.81 bits per heavy atom. The molecule has 146 valence electrons. The van der Waals surface area contributed by atoms with Gasteiger partial charge in [-0.05, 0) is 45.2 Å². The van der Waals surface area contributed by atoms with E-state index in [0.717, 1.165) is 23.1 Å². The van der Waals surface area contributed by atoms with Crippen LogP contribution in [0, 0.1) is 20.8 Å². The first-order chi connectivity index (χ1) is 12.8. The van der Waals surface area contributed by atoms with E-state index < -0.39 is 0 Å². The molecule has 1 aliphatic rings. The summed E-state index contributed by atoms with van der Waals surface area (Å²) in [5.74, 6) is -0.696. The zero-order valence-corrected chi connectivity index (χ0v) is 16.8. The molecule has 0 saturated carbocycles. The highest BCUT2D eigenvalue weighted by Crippen LogP contribution is 2.23. The lowest BCUT2D eigenvalue weighted by Crippen LogP contribution is -2.43. The molecule has 6 nitrogen and oxygen atoms in total. The number of amides is 1. The Kier molecular flexibility index (Phi) is 6.77. The van der Waals surface area contributed by atoms with Gasteiger partial charge in [-0.3, -0.25) is 9.59 Å². The maximum atomic E-state index is 13.0. The molecule has 1 N–H and O–H groups in total. The molecule has 1 aromatic carbocycles. The Morgan fingerprint density at radius 3 is 2.33 bits per heavy atom. The van der Waals surface area contributed by atoms with Gasteiger partial charge in [0.2, 0.25) is 0 Å². The lowest BCUT2D eigenvalue weighted by molar-refractivity contribution is -0.116. The number of carbonyl (C=O) groups is 2. The van der Waals surface area contributed by atoms with Crippen LogP contribution in [0.1, 0.15) is 53.7 Å². The van der Waals surface area contributed by atoms with Crippen LogP contribution in [0.3, 0.4) is 0 Å². The molecule has 1 amide bonds. The lowest BCUT2D eigenvalue weighted by atomic mass is 9.95. The number of benzene rings is 1. The van der Waals surface area contributed by atoms with Crippen LogP contribution in [0.4, 0.5) is 0 Å². The summed E-state index contributed by atoms with van der Waals surface area (Å²) < 4.78 is 0. The molecule has 0 unspecified atom stereocenters. The van der Waals surface area contributed by atoms with Gasteiger partial charge in [-0.1, -0.05) is 36.2 Å². The van der Waals surface area contributed by atoms with Crippen molar-refractivity contribution in [3.8, 4) is 0 Å². The largest absolute Gasteiger partial charge is 0.510 e. The molecular weight excluding hydrogens is 344 g/mol. The summed E-state index contributed by atoms with van der Waals surface area (Å²) in [7, 11) is 0. The SMILES string of the molecule is CCCC(=NOCC)C1=C(O)CN(C(=O)c2c(C)cc(C)cc2C)CC1=O. The Morgan fingerprint density at radius 1 is 1.19 bits per heavy atom. The number of nitrogens with zero attached hydrogens (tertiary/aromatic N) is 2. The van der Waals surface area contributed by atoms with Gasteiger partial charge in [0.15, 0.2) is 5.78 Å². The van der Waals surface area contributed by atoms with Gasteiger partial charge in [-0.15, -0.1) is 0 Å². The van der Waals surface area contributed by atoms with E-state index >= 15 is 0 Å². The Bertz CT molecular complexity index is 785. The van der Waals surface area contributed by atoms with Crippen molar-refractivity contribution >= 4 is 17.4 Å². The summed E-state index contributed by atoms with van der Waals surface area (Å²) >= 11 is 0.